The Balaban J connectivity index is 1.84. The van der Waals surface area contributed by atoms with E-state index in [1.165, 1.54) is 0 Å². The highest BCUT2D eigenvalue weighted by molar-refractivity contribution is 6.12. The Morgan fingerprint density at radius 2 is 1.92 bits per heavy atom. The zero-order valence-electron chi connectivity index (χ0n) is 13.3. The number of aryl methyl sites for hydroxylation is 1. The van der Waals surface area contributed by atoms with Crippen LogP contribution in [0.1, 0.15) is 28.9 Å². The van der Waals surface area contributed by atoms with Gasteiger partial charge in [-0.2, -0.15) is 5.26 Å². The summed E-state index contributed by atoms with van der Waals surface area (Å²) in [6.45, 7) is 1.72. The van der Waals surface area contributed by atoms with Gasteiger partial charge in [-0.3, -0.25) is 14.6 Å². The Labute approximate surface area is 140 Å². The van der Waals surface area contributed by atoms with Crippen molar-refractivity contribution >= 4 is 11.7 Å². The molecule has 2 aromatic rings. The fourth-order valence-corrected chi connectivity index (χ4v) is 2.50. The number of hydrogen-bond donors (Lipinski definition) is 1. The van der Waals surface area contributed by atoms with Gasteiger partial charge in [-0.1, -0.05) is 30.3 Å². The normalized spacial score (nSPS) is 14.5. The summed E-state index contributed by atoms with van der Waals surface area (Å²) in [5.74, 6) is -2.34. The highest BCUT2D eigenvalue weighted by atomic mass is 16.2. The lowest BCUT2D eigenvalue weighted by Gasteiger charge is -2.11. The maximum Gasteiger partial charge on any atom is 0.245 e. The molecule has 3 rings (SSSR count). The van der Waals surface area contributed by atoms with Crippen LogP contribution < -0.4 is 5.32 Å². The van der Waals surface area contributed by atoms with E-state index in [-0.39, 0.29) is 6.04 Å². The quantitative estimate of drug-likeness (QED) is 0.678. The van der Waals surface area contributed by atoms with Gasteiger partial charge in [-0.15, -0.1) is 0 Å². The van der Waals surface area contributed by atoms with E-state index in [1.54, 1.807) is 19.1 Å². The first-order chi connectivity index (χ1) is 11.6. The standard InChI is InChI=1S/C19H17N3O2/c1-12-15(9-10-17(21-12)13-5-3-2-4-6-13)18(23)16(11-20)19(24)22-14-7-8-14/h2-6,9-10,14,16H,7-8H2,1H3,(H,22,24)/t16-/m0/s1. The minimum Gasteiger partial charge on any atom is -0.352 e. The first-order valence-electron chi connectivity index (χ1n) is 7.87. The summed E-state index contributed by atoms with van der Waals surface area (Å²) in [6, 6.07) is 14.9. The Morgan fingerprint density at radius 1 is 1.21 bits per heavy atom. The van der Waals surface area contributed by atoms with Crippen LogP contribution in [0, 0.1) is 24.2 Å². The van der Waals surface area contributed by atoms with Crippen molar-refractivity contribution in [1.82, 2.24) is 10.3 Å². The van der Waals surface area contributed by atoms with Crippen LogP contribution in [0.5, 0.6) is 0 Å². The maximum atomic E-state index is 12.6. The van der Waals surface area contributed by atoms with Crippen molar-refractivity contribution in [2.75, 3.05) is 0 Å². The third kappa shape index (κ3) is 3.33. The number of aromatic nitrogens is 1. The van der Waals surface area contributed by atoms with Gasteiger partial charge >= 0.3 is 0 Å². The first-order valence-corrected chi connectivity index (χ1v) is 7.87. The molecule has 1 fully saturated rings. The summed E-state index contributed by atoms with van der Waals surface area (Å²) in [5.41, 5.74) is 2.52. The van der Waals surface area contributed by atoms with Gasteiger partial charge in [0.2, 0.25) is 5.91 Å². The number of nitrogens with zero attached hydrogens (tertiary/aromatic N) is 2. The molecule has 1 heterocycles. The zero-order chi connectivity index (χ0) is 17.1. The predicted molar refractivity (Wildman–Crippen MR) is 89.0 cm³/mol. The number of carbonyl (C=O) groups excluding carboxylic acids is 2. The molecule has 24 heavy (non-hydrogen) atoms. The van der Waals surface area contributed by atoms with Crippen molar-refractivity contribution in [2.24, 2.45) is 5.92 Å². The highest BCUT2D eigenvalue weighted by Gasteiger charge is 2.33. The van der Waals surface area contributed by atoms with Crippen molar-refractivity contribution in [3.8, 4) is 17.3 Å². The van der Waals surface area contributed by atoms with Gasteiger partial charge in [0.1, 0.15) is 0 Å². The minimum atomic E-state index is -1.33. The molecule has 1 aromatic carbocycles. The van der Waals surface area contributed by atoms with Crippen molar-refractivity contribution in [2.45, 2.75) is 25.8 Å². The van der Waals surface area contributed by atoms with E-state index < -0.39 is 17.6 Å². The van der Waals surface area contributed by atoms with Crippen LogP contribution in [-0.2, 0) is 4.79 Å². The number of Topliss-reactive ketones (excluding diaryl/α,β-unsaturated/α-hetero) is 1. The second-order valence-corrected chi connectivity index (χ2v) is 5.90. The molecule has 1 aromatic heterocycles. The van der Waals surface area contributed by atoms with E-state index in [9.17, 15) is 14.9 Å². The summed E-state index contributed by atoms with van der Waals surface area (Å²) in [5, 5.41) is 11.9. The number of carbonyl (C=O) groups is 2. The van der Waals surface area contributed by atoms with Crippen LogP contribution in [0.2, 0.25) is 0 Å². The van der Waals surface area contributed by atoms with Gasteiger partial charge in [0.05, 0.1) is 11.8 Å². The summed E-state index contributed by atoms with van der Waals surface area (Å²) in [7, 11) is 0. The van der Waals surface area contributed by atoms with Crippen LogP contribution in [0.25, 0.3) is 11.3 Å². The monoisotopic (exact) mass is 319 g/mol. The smallest absolute Gasteiger partial charge is 0.245 e. The van der Waals surface area contributed by atoms with Crippen molar-refractivity contribution in [3.63, 3.8) is 0 Å². The first kappa shape index (κ1) is 15.9. The summed E-state index contributed by atoms with van der Waals surface area (Å²) in [6.07, 6.45) is 1.81. The summed E-state index contributed by atoms with van der Waals surface area (Å²) >= 11 is 0. The molecule has 0 radical (unpaired) electrons. The number of pyridine rings is 1. The molecular formula is C19H17N3O2. The summed E-state index contributed by atoms with van der Waals surface area (Å²) < 4.78 is 0. The van der Waals surface area contributed by atoms with Crippen molar-refractivity contribution in [3.05, 3.63) is 53.7 Å². The van der Waals surface area contributed by atoms with Gasteiger partial charge in [-0.05, 0) is 31.9 Å². The minimum absolute atomic E-state index is 0.112. The molecule has 1 atom stereocenters. The number of rotatable bonds is 5. The third-order valence-corrected chi connectivity index (χ3v) is 4.00. The number of benzene rings is 1. The lowest BCUT2D eigenvalue weighted by atomic mass is 9.96. The van der Waals surface area contributed by atoms with E-state index in [0.29, 0.717) is 11.3 Å². The Morgan fingerprint density at radius 3 is 2.50 bits per heavy atom. The Kier molecular flexibility index (Phi) is 4.39. The molecule has 1 aliphatic rings. The largest absolute Gasteiger partial charge is 0.352 e. The van der Waals surface area contributed by atoms with Crippen molar-refractivity contribution < 1.29 is 9.59 Å². The second-order valence-electron chi connectivity index (χ2n) is 5.90. The molecule has 1 saturated carbocycles. The van der Waals surface area contributed by atoms with E-state index in [1.807, 2.05) is 36.4 Å². The number of nitrogens with one attached hydrogen (secondary N) is 1. The van der Waals surface area contributed by atoms with Crippen LogP contribution in [0.15, 0.2) is 42.5 Å². The molecule has 1 aliphatic carbocycles. The number of ketones is 1. The number of nitriles is 1. The van der Waals surface area contributed by atoms with Gasteiger partial charge in [0.15, 0.2) is 11.7 Å². The number of hydrogen-bond acceptors (Lipinski definition) is 4. The molecule has 0 unspecified atom stereocenters. The Bertz CT molecular complexity index is 820. The lowest BCUT2D eigenvalue weighted by Crippen LogP contribution is -2.36. The van der Waals surface area contributed by atoms with Crippen molar-refractivity contribution in [1.29, 1.82) is 5.26 Å². The fraction of sp³-hybridized carbons (Fsp3) is 0.263. The van der Waals surface area contributed by atoms with Gasteiger partial charge < -0.3 is 5.32 Å². The van der Waals surface area contributed by atoms with Crippen LogP contribution >= 0.6 is 0 Å². The van der Waals surface area contributed by atoms with E-state index in [4.69, 9.17) is 0 Å². The Hall–Kier alpha value is -3.00. The number of amides is 1. The molecule has 1 N–H and O–H groups in total. The molecule has 0 saturated heterocycles. The average molecular weight is 319 g/mol. The topological polar surface area (TPSA) is 82.8 Å². The maximum absolute atomic E-state index is 12.6. The zero-order valence-corrected chi connectivity index (χ0v) is 13.3. The average Bonchev–Trinajstić information content (AvgIpc) is 3.40. The van der Waals surface area contributed by atoms with Gasteiger partial charge in [0.25, 0.3) is 0 Å². The molecule has 0 bridgehead atoms. The van der Waals surface area contributed by atoms with E-state index in [0.717, 1.165) is 24.1 Å². The predicted octanol–water partition coefficient (Wildman–Crippen LogP) is 2.66. The molecule has 0 spiro atoms. The molecular weight excluding hydrogens is 302 g/mol. The molecule has 5 nitrogen and oxygen atoms in total. The molecule has 120 valence electrons. The lowest BCUT2D eigenvalue weighted by molar-refractivity contribution is -0.122. The molecule has 5 heteroatoms. The highest BCUT2D eigenvalue weighted by Crippen LogP contribution is 2.22. The van der Waals surface area contributed by atoms with Gasteiger partial charge in [-0.25, -0.2) is 0 Å². The SMILES string of the molecule is Cc1nc(-c2ccccc2)ccc1C(=O)[C@H](C#N)C(=O)NC1CC1. The van der Waals surface area contributed by atoms with Crippen LogP contribution in [0.3, 0.4) is 0 Å². The third-order valence-electron chi connectivity index (χ3n) is 4.00. The second kappa shape index (κ2) is 6.63. The van der Waals surface area contributed by atoms with E-state index >= 15 is 0 Å². The summed E-state index contributed by atoms with van der Waals surface area (Å²) in [4.78, 5) is 29.1. The van der Waals surface area contributed by atoms with Crippen LogP contribution in [0.4, 0.5) is 0 Å². The van der Waals surface area contributed by atoms with Gasteiger partial charge in [0, 0.05) is 22.9 Å². The van der Waals surface area contributed by atoms with Crippen LogP contribution in [-0.4, -0.2) is 22.7 Å². The molecule has 0 aliphatic heterocycles. The fourth-order valence-electron chi connectivity index (χ4n) is 2.50. The van der Waals surface area contributed by atoms with E-state index in [2.05, 4.69) is 10.3 Å². The molecule has 1 amide bonds.